The van der Waals surface area contributed by atoms with Crippen LogP contribution in [0.2, 0.25) is 0 Å². The van der Waals surface area contributed by atoms with Crippen LogP contribution in [0, 0.1) is 5.92 Å². The van der Waals surface area contributed by atoms with Gasteiger partial charge in [0, 0.05) is 0 Å². The second kappa shape index (κ2) is 4.44. The van der Waals surface area contributed by atoms with Crippen LogP contribution >= 0.6 is 0 Å². The first kappa shape index (κ1) is 13.1. The van der Waals surface area contributed by atoms with Gasteiger partial charge in [0.2, 0.25) is 0 Å². The normalized spacial score (nSPS) is 29.3. The van der Waals surface area contributed by atoms with E-state index in [2.05, 4.69) is 0 Å². The average molecular weight is 294 g/mol. The minimum absolute atomic E-state index is 0.349. The zero-order valence-corrected chi connectivity index (χ0v) is 12.0. The van der Waals surface area contributed by atoms with Gasteiger partial charge in [-0.05, 0) is 11.6 Å². The number of carbonyl (C=O) groups is 2. The first-order valence-corrected chi connectivity index (χ1v) is 7.24. The van der Waals surface area contributed by atoms with Crippen LogP contribution in [-0.4, -0.2) is 11.9 Å². The summed E-state index contributed by atoms with van der Waals surface area (Å²) in [6.45, 7) is 1.81. The first-order valence-electron chi connectivity index (χ1n) is 7.24. The first-order chi connectivity index (χ1) is 10.6. The number of fused-ring (bicyclic) bond motifs is 2. The van der Waals surface area contributed by atoms with E-state index in [-0.39, 0.29) is 17.8 Å². The minimum Gasteiger partial charge on any atom is -0.417 e. The number of carbonyl (C=O) groups excluding carboxylic acids is 2. The van der Waals surface area contributed by atoms with Crippen LogP contribution in [0.25, 0.3) is 0 Å². The van der Waals surface area contributed by atoms with Crippen molar-refractivity contribution < 1.29 is 19.1 Å². The van der Waals surface area contributed by atoms with Crippen LogP contribution in [0.15, 0.2) is 54.6 Å². The molecule has 0 amide bonds. The molecule has 22 heavy (non-hydrogen) atoms. The van der Waals surface area contributed by atoms with Crippen molar-refractivity contribution in [2.75, 3.05) is 0 Å². The molecule has 110 valence electrons. The van der Waals surface area contributed by atoms with Crippen molar-refractivity contribution in [2.45, 2.75) is 18.6 Å². The van der Waals surface area contributed by atoms with E-state index in [9.17, 15) is 9.59 Å². The van der Waals surface area contributed by atoms with Gasteiger partial charge in [-0.2, -0.15) is 0 Å². The van der Waals surface area contributed by atoms with Crippen LogP contribution in [0.5, 0.6) is 0 Å². The van der Waals surface area contributed by atoms with Gasteiger partial charge >= 0.3 is 11.9 Å². The van der Waals surface area contributed by atoms with E-state index in [4.69, 9.17) is 9.47 Å². The lowest BCUT2D eigenvalue weighted by atomic mass is 9.80. The minimum atomic E-state index is -1.34. The molecule has 1 fully saturated rings. The number of benzene rings is 2. The molecule has 0 radical (unpaired) electrons. The Bertz CT molecular complexity index is 764. The lowest BCUT2D eigenvalue weighted by Crippen LogP contribution is -2.32. The average Bonchev–Trinajstić information content (AvgIpc) is 2.95. The molecule has 0 bridgehead atoms. The third kappa shape index (κ3) is 1.58. The standard InChI is InChI=1S/C18H14O4/c1-11-15(12-7-3-2-4-8-12)18(21-16(11)19)14-10-6-5-9-13(14)17(20)22-18/h2-11,15H,1H3. The summed E-state index contributed by atoms with van der Waals surface area (Å²) in [5.74, 6) is -2.88. The fourth-order valence-electron chi connectivity index (χ4n) is 3.46. The molecule has 2 aromatic rings. The van der Waals surface area contributed by atoms with Crippen molar-refractivity contribution in [3.8, 4) is 0 Å². The Balaban J connectivity index is 1.94. The highest BCUT2D eigenvalue weighted by Crippen LogP contribution is 2.55. The Morgan fingerprint density at radius 3 is 2.36 bits per heavy atom. The molecular weight excluding hydrogens is 280 g/mol. The van der Waals surface area contributed by atoms with Crippen molar-refractivity contribution in [3.63, 3.8) is 0 Å². The molecule has 4 rings (SSSR count). The fraction of sp³-hybridized carbons (Fsp3) is 0.222. The lowest BCUT2D eigenvalue weighted by molar-refractivity contribution is -0.193. The summed E-state index contributed by atoms with van der Waals surface area (Å²) in [5, 5.41) is 0. The SMILES string of the molecule is CC1C(=O)OC2(OC(=O)c3ccccc32)C1c1ccccc1. The van der Waals surface area contributed by atoms with Crippen molar-refractivity contribution in [3.05, 3.63) is 71.3 Å². The van der Waals surface area contributed by atoms with E-state index >= 15 is 0 Å². The van der Waals surface area contributed by atoms with Crippen molar-refractivity contribution in [2.24, 2.45) is 5.92 Å². The van der Waals surface area contributed by atoms with Gasteiger partial charge in [0.15, 0.2) is 0 Å². The molecule has 4 nitrogen and oxygen atoms in total. The molecule has 2 heterocycles. The zero-order valence-electron chi connectivity index (χ0n) is 12.0. The summed E-state index contributed by atoms with van der Waals surface area (Å²) < 4.78 is 11.2. The summed E-state index contributed by atoms with van der Waals surface area (Å²) in [5.41, 5.74) is 2.02. The Morgan fingerprint density at radius 2 is 1.59 bits per heavy atom. The van der Waals surface area contributed by atoms with E-state index in [0.29, 0.717) is 11.1 Å². The van der Waals surface area contributed by atoms with Gasteiger partial charge in [0.05, 0.1) is 23.0 Å². The topological polar surface area (TPSA) is 52.6 Å². The molecule has 0 saturated carbocycles. The zero-order chi connectivity index (χ0) is 15.3. The Morgan fingerprint density at radius 1 is 0.909 bits per heavy atom. The molecule has 3 atom stereocenters. The van der Waals surface area contributed by atoms with Gasteiger partial charge in [-0.15, -0.1) is 0 Å². The van der Waals surface area contributed by atoms with Gasteiger partial charge in [-0.25, -0.2) is 4.79 Å². The Labute approximate surface area is 127 Å². The van der Waals surface area contributed by atoms with Gasteiger partial charge in [-0.1, -0.05) is 55.5 Å². The number of hydrogen-bond donors (Lipinski definition) is 0. The molecule has 2 aromatic carbocycles. The van der Waals surface area contributed by atoms with Crippen LogP contribution in [0.1, 0.15) is 34.3 Å². The quantitative estimate of drug-likeness (QED) is 0.759. The molecule has 1 spiro atoms. The second-order valence-electron chi connectivity index (χ2n) is 5.70. The predicted octanol–water partition coefficient (Wildman–Crippen LogP) is 2.99. The smallest absolute Gasteiger partial charge is 0.342 e. The monoisotopic (exact) mass is 294 g/mol. The largest absolute Gasteiger partial charge is 0.417 e. The maximum atomic E-state index is 12.2. The summed E-state index contributed by atoms with van der Waals surface area (Å²) in [7, 11) is 0. The number of ether oxygens (including phenoxy) is 2. The summed E-state index contributed by atoms with van der Waals surface area (Å²) >= 11 is 0. The molecule has 3 unspecified atom stereocenters. The second-order valence-corrected chi connectivity index (χ2v) is 5.70. The Kier molecular flexibility index (Phi) is 2.64. The van der Waals surface area contributed by atoms with Crippen molar-refractivity contribution in [1.82, 2.24) is 0 Å². The lowest BCUT2D eigenvalue weighted by Gasteiger charge is -2.29. The molecule has 2 aliphatic rings. The van der Waals surface area contributed by atoms with Crippen molar-refractivity contribution >= 4 is 11.9 Å². The summed E-state index contributed by atoms with van der Waals surface area (Å²) in [6.07, 6.45) is 0. The van der Waals surface area contributed by atoms with Crippen LogP contribution in [0.4, 0.5) is 0 Å². The number of esters is 2. The van der Waals surface area contributed by atoms with E-state index in [1.54, 1.807) is 18.2 Å². The van der Waals surface area contributed by atoms with E-state index in [1.807, 2.05) is 43.3 Å². The molecule has 2 aliphatic heterocycles. The molecule has 1 saturated heterocycles. The maximum Gasteiger partial charge on any atom is 0.342 e. The van der Waals surface area contributed by atoms with Crippen LogP contribution < -0.4 is 0 Å². The highest BCUT2D eigenvalue weighted by atomic mass is 16.7. The van der Waals surface area contributed by atoms with Crippen LogP contribution in [-0.2, 0) is 20.1 Å². The van der Waals surface area contributed by atoms with Gasteiger partial charge < -0.3 is 9.47 Å². The van der Waals surface area contributed by atoms with Gasteiger partial charge in [0.1, 0.15) is 0 Å². The van der Waals surface area contributed by atoms with E-state index in [0.717, 1.165) is 5.56 Å². The predicted molar refractivity (Wildman–Crippen MR) is 78.0 cm³/mol. The molecule has 0 N–H and O–H groups in total. The molecule has 0 aromatic heterocycles. The van der Waals surface area contributed by atoms with E-state index < -0.39 is 11.8 Å². The summed E-state index contributed by atoms with van der Waals surface area (Å²) in [6, 6.07) is 16.7. The molecular formula is C18H14O4. The van der Waals surface area contributed by atoms with Crippen LogP contribution in [0.3, 0.4) is 0 Å². The summed E-state index contributed by atoms with van der Waals surface area (Å²) in [4.78, 5) is 24.4. The maximum absolute atomic E-state index is 12.2. The van der Waals surface area contributed by atoms with E-state index in [1.165, 1.54) is 0 Å². The highest BCUT2D eigenvalue weighted by Gasteiger charge is 2.62. The fourth-order valence-corrected chi connectivity index (χ4v) is 3.46. The highest BCUT2D eigenvalue weighted by molar-refractivity contribution is 5.95. The number of hydrogen-bond acceptors (Lipinski definition) is 4. The third-order valence-corrected chi connectivity index (χ3v) is 4.46. The third-order valence-electron chi connectivity index (χ3n) is 4.46. The van der Waals surface area contributed by atoms with Crippen molar-refractivity contribution in [1.29, 1.82) is 0 Å². The Hall–Kier alpha value is -2.62. The molecule has 4 heteroatoms. The molecule has 0 aliphatic carbocycles. The van der Waals surface area contributed by atoms with Gasteiger partial charge in [0.25, 0.3) is 5.79 Å². The van der Waals surface area contributed by atoms with Gasteiger partial charge in [-0.3, -0.25) is 4.79 Å². The number of rotatable bonds is 1.